The number of aliphatic hydroxyl groups is 2. The van der Waals surface area contributed by atoms with Gasteiger partial charge in [0.05, 0.1) is 6.61 Å². The van der Waals surface area contributed by atoms with Crippen molar-refractivity contribution in [2.45, 2.75) is 327 Å². The lowest BCUT2D eigenvalue weighted by Crippen LogP contribution is -2.61. The number of carbonyl (C=O) groups excluding carboxylic acids is 3. The van der Waals surface area contributed by atoms with Gasteiger partial charge in [-0.3, -0.25) is 14.4 Å². The summed E-state index contributed by atoms with van der Waals surface area (Å²) in [4.78, 5) is 51.3. The number of allylic oxidation sites excluding steroid dienone is 14. The number of ether oxygens (including phenoxy) is 5. The Morgan fingerprint density at radius 3 is 1.20 bits per heavy atom. The number of carbonyl (C=O) groups is 4. The highest BCUT2D eigenvalue weighted by molar-refractivity contribution is 5.74. The molecule has 476 valence electrons. The van der Waals surface area contributed by atoms with E-state index in [-0.39, 0.29) is 25.9 Å². The highest BCUT2D eigenvalue weighted by atomic mass is 16.7. The highest BCUT2D eigenvalue weighted by Crippen LogP contribution is 2.27. The van der Waals surface area contributed by atoms with Crippen molar-refractivity contribution < 1.29 is 58.2 Å². The van der Waals surface area contributed by atoms with Gasteiger partial charge in [0.15, 0.2) is 24.6 Å². The molecule has 1 aliphatic heterocycles. The maximum atomic E-state index is 13.2. The summed E-state index contributed by atoms with van der Waals surface area (Å²) in [5.41, 5.74) is 0. The summed E-state index contributed by atoms with van der Waals surface area (Å²) in [7, 11) is 0. The van der Waals surface area contributed by atoms with Gasteiger partial charge < -0.3 is 39.0 Å². The van der Waals surface area contributed by atoms with E-state index in [1.54, 1.807) is 0 Å². The third kappa shape index (κ3) is 47.8. The van der Waals surface area contributed by atoms with E-state index < -0.39 is 67.3 Å². The maximum Gasteiger partial charge on any atom is 0.335 e. The summed E-state index contributed by atoms with van der Waals surface area (Å²) in [6.07, 6.45) is 64.1. The van der Waals surface area contributed by atoms with Crippen molar-refractivity contribution in [1.29, 1.82) is 0 Å². The first-order valence-electron chi connectivity index (χ1n) is 33.6. The Bertz CT molecular complexity index is 1760. The van der Waals surface area contributed by atoms with Gasteiger partial charge in [-0.15, -0.1) is 0 Å². The van der Waals surface area contributed by atoms with E-state index >= 15 is 0 Å². The van der Waals surface area contributed by atoms with Gasteiger partial charge in [0.2, 0.25) is 0 Å². The third-order valence-corrected chi connectivity index (χ3v) is 15.0. The lowest BCUT2D eigenvalue weighted by molar-refractivity contribution is -0.301. The molecule has 0 aromatic carbocycles. The standard InChI is InChI=1S/C71H120O12/c1-4-7-10-13-16-19-22-25-28-30-32-34-37-39-42-45-48-51-54-57-63(72)79-60-62(81-64(73)58-55-52-49-46-43-40-36-27-24-21-18-15-12-9-6-3)61-80-71-69(67(76)66(75)68(83-71)70(77)78)82-65(74)59-56-53-50-47-44-41-38-35-33-31-29-26-23-20-17-14-11-8-5-2/h7,10,16,19,25-26,28-29,32,34,39,42,48,51,62,66-69,71,75-76H,4-6,8-9,11-15,17-18,20-24,27,30-31,33,35-38,40-41,43-47,49-50,52-61H2,1-3H3,(H,77,78)/b10-7-,19-16-,28-25-,29-26-,34-32-,42-39-,51-48-. The first-order chi connectivity index (χ1) is 40.6. The van der Waals surface area contributed by atoms with Crippen LogP contribution in [0.3, 0.4) is 0 Å². The van der Waals surface area contributed by atoms with E-state index in [2.05, 4.69) is 93.7 Å². The molecule has 0 bridgehead atoms. The minimum absolute atomic E-state index is 0.0504. The Balaban J connectivity index is 2.68. The van der Waals surface area contributed by atoms with Gasteiger partial charge in [0.1, 0.15) is 18.8 Å². The van der Waals surface area contributed by atoms with Crippen molar-refractivity contribution in [1.82, 2.24) is 0 Å². The number of aliphatic hydroxyl groups excluding tert-OH is 2. The first-order valence-corrected chi connectivity index (χ1v) is 33.6. The summed E-state index contributed by atoms with van der Waals surface area (Å²) in [6.45, 7) is 5.85. The number of carboxylic acids is 1. The average molecular weight is 1170 g/mol. The third-order valence-electron chi connectivity index (χ3n) is 15.0. The summed E-state index contributed by atoms with van der Waals surface area (Å²) >= 11 is 0. The number of rotatable bonds is 57. The van der Waals surface area contributed by atoms with Crippen LogP contribution in [0.25, 0.3) is 0 Å². The van der Waals surface area contributed by atoms with Crippen LogP contribution >= 0.6 is 0 Å². The van der Waals surface area contributed by atoms with Gasteiger partial charge in [-0.1, -0.05) is 273 Å². The van der Waals surface area contributed by atoms with Gasteiger partial charge in [-0.05, 0) is 83.5 Å². The van der Waals surface area contributed by atoms with Crippen molar-refractivity contribution in [2.75, 3.05) is 13.2 Å². The van der Waals surface area contributed by atoms with Crippen molar-refractivity contribution >= 4 is 23.9 Å². The molecule has 0 aliphatic carbocycles. The minimum atomic E-state index is -1.91. The summed E-state index contributed by atoms with van der Waals surface area (Å²) < 4.78 is 28.5. The van der Waals surface area contributed by atoms with E-state index in [0.29, 0.717) is 19.3 Å². The molecule has 0 aromatic heterocycles. The van der Waals surface area contributed by atoms with Crippen molar-refractivity contribution in [3.05, 3.63) is 85.1 Å². The lowest BCUT2D eigenvalue weighted by Gasteiger charge is -2.40. The number of hydrogen-bond donors (Lipinski definition) is 3. The fourth-order valence-corrected chi connectivity index (χ4v) is 9.86. The molecule has 0 amide bonds. The minimum Gasteiger partial charge on any atom is -0.479 e. The molecule has 1 heterocycles. The fourth-order valence-electron chi connectivity index (χ4n) is 9.86. The molecule has 3 N–H and O–H groups in total. The molecule has 83 heavy (non-hydrogen) atoms. The van der Waals surface area contributed by atoms with Crippen LogP contribution in [0.5, 0.6) is 0 Å². The number of hydrogen-bond acceptors (Lipinski definition) is 11. The van der Waals surface area contributed by atoms with Gasteiger partial charge in [-0.2, -0.15) is 0 Å². The number of carboxylic acid groups (broad SMARTS) is 1. The molecular weight excluding hydrogens is 1040 g/mol. The normalized spacial score (nSPS) is 18.1. The monoisotopic (exact) mass is 1160 g/mol. The zero-order chi connectivity index (χ0) is 60.3. The zero-order valence-electron chi connectivity index (χ0n) is 52.7. The molecule has 1 fully saturated rings. The van der Waals surface area contributed by atoms with Crippen LogP contribution in [-0.4, -0.2) is 89.2 Å². The van der Waals surface area contributed by atoms with Gasteiger partial charge in [0, 0.05) is 19.3 Å². The molecule has 6 atom stereocenters. The Morgan fingerprint density at radius 2 is 0.783 bits per heavy atom. The highest BCUT2D eigenvalue weighted by Gasteiger charge is 2.50. The van der Waals surface area contributed by atoms with Crippen LogP contribution in [0.4, 0.5) is 0 Å². The summed E-state index contributed by atoms with van der Waals surface area (Å²) in [6, 6.07) is 0. The first kappa shape index (κ1) is 76.9. The van der Waals surface area contributed by atoms with Gasteiger partial charge in [-0.25, -0.2) is 4.79 Å². The molecule has 0 spiro atoms. The van der Waals surface area contributed by atoms with E-state index in [1.807, 2.05) is 12.2 Å². The molecule has 0 saturated carbocycles. The molecular formula is C71H120O12. The molecule has 1 aliphatic rings. The van der Waals surface area contributed by atoms with Crippen molar-refractivity contribution in [3.8, 4) is 0 Å². The summed E-state index contributed by atoms with van der Waals surface area (Å²) in [5.74, 6) is -3.22. The van der Waals surface area contributed by atoms with E-state index in [0.717, 1.165) is 89.9 Å². The molecule has 0 radical (unpaired) electrons. The van der Waals surface area contributed by atoms with Crippen LogP contribution in [0.1, 0.15) is 290 Å². The molecule has 12 nitrogen and oxygen atoms in total. The van der Waals surface area contributed by atoms with Crippen LogP contribution in [0.15, 0.2) is 85.1 Å². The van der Waals surface area contributed by atoms with Crippen molar-refractivity contribution in [2.24, 2.45) is 0 Å². The Kier molecular flexibility index (Phi) is 54.0. The van der Waals surface area contributed by atoms with Crippen molar-refractivity contribution in [3.63, 3.8) is 0 Å². The zero-order valence-corrected chi connectivity index (χ0v) is 52.7. The lowest BCUT2D eigenvalue weighted by atomic mass is 9.98. The molecule has 0 aromatic rings. The van der Waals surface area contributed by atoms with Gasteiger partial charge >= 0.3 is 23.9 Å². The number of unbranched alkanes of at least 4 members (excludes halogenated alkanes) is 29. The van der Waals surface area contributed by atoms with E-state index in [9.17, 15) is 34.5 Å². The molecule has 1 rings (SSSR count). The fraction of sp³-hybridized carbons (Fsp3) is 0.746. The van der Waals surface area contributed by atoms with E-state index in [4.69, 9.17) is 23.7 Å². The summed E-state index contributed by atoms with van der Waals surface area (Å²) in [5, 5.41) is 31.6. The Labute approximate surface area is 505 Å². The average Bonchev–Trinajstić information content (AvgIpc) is 3.57. The van der Waals surface area contributed by atoms with Crippen LogP contribution in [0, 0.1) is 0 Å². The SMILES string of the molecule is CC/C=C\C/C=C\C/C=C\C/C=C\C/C=C\C/C=C\CCC(=O)OCC(COC1OC(C(=O)O)C(O)C(O)C1OC(=O)CCCCCCCCCCC/C=C\CCCCCCCC)OC(=O)CCCCCCCCCCCCCCCCC. The van der Waals surface area contributed by atoms with Crippen LogP contribution in [0.2, 0.25) is 0 Å². The largest absolute Gasteiger partial charge is 0.479 e. The van der Waals surface area contributed by atoms with Crippen LogP contribution in [-0.2, 0) is 42.9 Å². The predicted octanol–water partition coefficient (Wildman–Crippen LogP) is 18.2. The second kappa shape index (κ2) is 58.3. The molecule has 12 heteroatoms. The smallest absolute Gasteiger partial charge is 0.335 e. The number of aliphatic carboxylic acids is 1. The second-order valence-electron chi connectivity index (χ2n) is 22.7. The molecule has 6 unspecified atom stereocenters. The van der Waals surface area contributed by atoms with Gasteiger partial charge in [0.25, 0.3) is 0 Å². The second-order valence-corrected chi connectivity index (χ2v) is 22.7. The van der Waals surface area contributed by atoms with E-state index in [1.165, 1.54) is 141 Å². The maximum absolute atomic E-state index is 13.2. The number of esters is 3. The Morgan fingerprint density at radius 1 is 0.410 bits per heavy atom. The Hall–Kier alpha value is -4.10. The van der Waals surface area contributed by atoms with Crippen LogP contribution < -0.4 is 0 Å². The quantitative estimate of drug-likeness (QED) is 0.0228. The topological polar surface area (TPSA) is 175 Å². The predicted molar refractivity (Wildman–Crippen MR) is 340 cm³/mol. The molecule has 1 saturated heterocycles.